The van der Waals surface area contributed by atoms with Crippen LogP contribution in [-0.4, -0.2) is 16.8 Å². The number of nitrogens with zero attached hydrogens (tertiary/aromatic N) is 2. The van der Waals surface area contributed by atoms with Crippen LogP contribution < -0.4 is 5.32 Å². The van der Waals surface area contributed by atoms with Crippen LogP contribution in [0.2, 0.25) is 0 Å². The summed E-state index contributed by atoms with van der Waals surface area (Å²) in [7, 11) is 2.00. The zero-order chi connectivity index (χ0) is 13.8. The molecule has 0 saturated heterocycles. The minimum absolute atomic E-state index is 0.311. The lowest BCUT2D eigenvalue weighted by atomic mass is 10.00. The first kappa shape index (κ1) is 14.3. The van der Waals surface area contributed by atoms with Crippen molar-refractivity contribution >= 4 is 15.9 Å². The van der Waals surface area contributed by atoms with E-state index in [1.54, 1.807) is 0 Å². The minimum atomic E-state index is 0.311. The van der Waals surface area contributed by atoms with E-state index in [2.05, 4.69) is 64.6 Å². The molecule has 0 radical (unpaired) electrons. The van der Waals surface area contributed by atoms with E-state index in [-0.39, 0.29) is 0 Å². The molecule has 4 heteroatoms. The molecule has 0 saturated carbocycles. The summed E-state index contributed by atoms with van der Waals surface area (Å²) >= 11 is 3.60. The summed E-state index contributed by atoms with van der Waals surface area (Å²) in [5, 5.41) is 7.71. The summed E-state index contributed by atoms with van der Waals surface area (Å²) in [6, 6.07) is 6.84. The molecule has 1 aromatic heterocycles. The van der Waals surface area contributed by atoms with E-state index < -0.39 is 0 Å². The zero-order valence-corrected chi connectivity index (χ0v) is 13.2. The molecule has 0 bridgehead atoms. The van der Waals surface area contributed by atoms with Crippen molar-refractivity contribution in [3.05, 3.63) is 51.8 Å². The molecular formula is C15H20BrN3. The molecule has 1 N–H and O–H groups in total. The van der Waals surface area contributed by atoms with Crippen LogP contribution in [0.25, 0.3) is 0 Å². The van der Waals surface area contributed by atoms with Crippen LogP contribution in [0.3, 0.4) is 0 Å². The molecule has 2 rings (SSSR count). The van der Waals surface area contributed by atoms with Crippen molar-refractivity contribution in [3.8, 4) is 0 Å². The van der Waals surface area contributed by atoms with Gasteiger partial charge in [-0.1, -0.05) is 28.1 Å². The maximum absolute atomic E-state index is 4.33. The Morgan fingerprint density at radius 1 is 1.42 bits per heavy atom. The Labute approximate surface area is 123 Å². The highest BCUT2D eigenvalue weighted by Crippen LogP contribution is 2.24. The second-order valence-electron chi connectivity index (χ2n) is 4.76. The number of nitrogens with one attached hydrogen (secondary N) is 1. The lowest BCUT2D eigenvalue weighted by Gasteiger charge is -2.16. The van der Waals surface area contributed by atoms with Crippen LogP contribution in [0.4, 0.5) is 0 Å². The molecule has 0 aliphatic carbocycles. The van der Waals surface area contributed by atoms with Crippen molar-refractivity contribution < 1.29 is 0 Å². The highest BCUT2D eigenvalue weighted by atomic mass is 79.9. The monoisotopic (exact) mass is 321 g/mol. The molecule has 102 valence electrons. The summed E-state index contributed by atoms with van der Waals surface area (Å²) in [6.07, 6.45) is 5.02. The lowest BCUT2D eigenvalue weighted by Crippen LogP contribution is -2.18. The zero-order valence-electron chi connectivity index (χ0n) is 11.7. The molecule has 19 heavy (non-hydrogen) atoms. The van der Waals surface area contributed by atoms with E-state index in [1.165, 1.54) is 16.7 Å². The predicted octanol–water partition coefficient (Wildman–Crippen LogP) is 3.48. The van der Waals surface area contributed by atoms with Gasteiger partial charge in [-0.3, -0.25) is 4.68 Å². The van der Waals surface area contributed by atoms with E-state index in [0.29, 0.717) is 6.04 Å². The molecule has 0 spiro atoms. The van der Waals surface area contributed by atoms with E-state index in [4.69, 9.17) is 0 Å². The maximum atomic E-state index is 4.33. The van der Waals surface area contributed by atoms with Crippen LogP contribution >= 0.6 is 15.9 Å². The Morgan fingerprint density at radius 2 is 2.21 bits per heavy atom. The SMILES string of the molecule is CCn1cc(CC(NC)c2ccc(C)c(Br)c2)cn1. The van der Waals surface area contributed by atoms with Crippen molar-refractivity contribution in [2.24, 2.45) is 0 Å². The van der Waals surface area contributed by atoms with Gasteiger partial charge in [-0.2, -0.15) is 5.10 Å². The number of benzene rings is 1. The molecule has 1 aromatic carbocycles. The van der Waals surface area contributed by atoms with E-state index in [1.807, 2.05) is 17.9 Å². The molecule has 1 heterocycles. The fraction of sp³-hybridized carbons (Fsp3) is 0.400. The smallest absolute Gasteiger partial charge is 0.0522 e. The van der Waals surface area contributed by atoms with Gasteiger partial charge < -0.3 is 5.32 Å². The summed E-state index contributed by atoms with van der Waals surface area (Å²) in [5.41, 5.74) is 3.82. The summed E-state index contributed by atoms with van der Waals surface area (Å²) in [5.74, 6) is 0. The van der Waals surface area contributed by atoms with Crippen molar-refractivity contribution in [2.75, 3.05) is 7.05 Å². The summed E-state index contributed by atoms with van der Waals surface area (Å²) in [4.78, 5) is 0. The molecule has 0 amide bonds. The first-order valence-electron chi connectivity index (χ1n) is 6.58. The molecule has 2 aromatic rings. The number of aromatic nitrogens is 2. The molecule has 0 aliphatic heterocycles. The fourth-order valence-corrected chi connectivity index (χ4v) is 2.53. The molecular weight excluding hydrogens is 302 g/mol. The third-order valence-electron chi connectivity index (χ3n) is 3.40. The van der Waals surface area contributed by atoms with Gasteiger partial charge in [-0.15, -0.1) is 0 Å². The van der Waals surface area contributed by atoms with Crippen molar-refractivity contribution in [3.63, 3.8) is 0 Å². The number of rotatable bonds is 5. The largest absolute Gasteiger partial charge is 0.313 e. The van der Waals surface area contributed by atoms with Crippen molar-refractivity contribution in [2.45, 2.75) is 32.9 Å². The number of halogens is 1. The normalized spacial score (nSPS) is 12.6. The quantitative estimate of drug-likeness (QED) is 0.913. The van der Waals surface area contributed by atoms with E-state index in [0.717, 1.165) is 17.4 Å². The Balaban J connectivity index is 2.17. The average Bonchev–Trinajstić information content (AvgIpc) is 2.87. The molecule has 1 atom stereocenters. The Morgan fingerprint density at radius 3 is 2.79 bits per heavy atom. The number of likely N-dealkylation sites (N-methyl/N-ethyl adjacent to an activating group) is 1. The molecule has 3 nitrogen and oxygen atoms in total. The minimum Gasteiger partial charge on any atom is -0.313 e. The average molecular weight is 322 g/mol. The second-order valence-corrected chi connectivity index (χ2v) is 5.61. The lowest BCUT2D eigenvalue weighted by molar-refractivity contribution is 0.590. The standard InChI is InChI=1S/C15H20BrN3/c1-4-19-10-12(9-18-19)7-15(17-3)13-6-5-11(2)14(16)8-13/h5-6,8-10,15,17H,4,7H2,1-3H3. The highest BCUT2D eigenvalue weighted by molar-refractivity contribution is 9.10. The Hall–Kier alpha value is -1.13. The van der Waals surface area contributed by atoms with E-state index >= 15 is 0 Å². The third-order valence-corrected chi connectivity index (χ3v) is 4.25. The Bertz CT molecular complexity index is 548. The number of hydrogen-bond donors (Lipinski definition) is 1. The van der Waals surface area contributed by atoms with Gasteiger partial charge in [0.25, 0.3) is 0 Å². The van der Waals surface area contributed by atoms with Crippen LogP contribution in [0.15, 0.2) is 35.1 Å². The first-order valence-corrected chi connectivity index (χ1v) is 7.38. The Kier molecular flexibility index (Phi) is 4.77. The van der Waals surface area contributed by atoms with Crippen LogP contribution in [0.5, 0.6) is 0 Å². The number of hydrogen-bond acceptors (Lipinski definition) is 2. The summed E-state index contributed by atoms with van der Waals surface area (Å²) in [6.45, 7) is 5.12. The number of aryl methyl sites for hydroxylation is 2. The molecule has 1 unspecified atom stereocenters. The molecule has 0 aliphatic rings. The van der Waals surface area contributed by atoms with Gasteiger partial charge in [-0.25, -0.2) is 0 Å². The third kappa shape index (κ3) is 3.45. The maximum Gasteiger partial charge on any atom is 0.0522 e. The van der Waals surface area contributed by atoms with Gasteiger partial charge in [0.15, 0.2) is 0 Å². The van der Waals surface area contributed by atoms with Crippen molar-refractivity contribution in [1.82, 2.24) is 15.1 Å². The van der Waals surface area contributed by atoms with Crippen molar-refractivity contribution in [1.29, 1.82) is 0 Å². The predicted molar refractivity (Wildman–Crippen MR) is 82.3 cm³/mol. The summed E-state index contributed by atoms with van der Waals surface area (Å²) < 4.78 is 3.13. The van der Waals surface area contributed by atoms with E-state index in [9.17, 15) is 0 Å². The fourth-order valence-electron chi connectivity index (χ4n) is 2.13. The van der Waals surface area contributed by atoms with Gasteiger partial charge in [0.1, 0.15) is 0 Å². The van der Waals surface area contributed by atoms with Gasteiger partial charge in [-0.05, 0) is 50.1 Å². The van der Waals surface area contributed by atoms with Crippen LogP contribution in [0.1, 0.15) is 29.7 Å². The van der Waals surface area contributed by atoms with Gasteiger partial charge in [0.05, 0.1) is 6.20 Å². The highest BCUT2D eigenvalue weighted by Gasteiger charge is 2.12. The van der Waals surface area contributed by atoms with Gasteiger partial charge in [0.2, 0.25) is 0 Å². The molecule has 0 fully saturated rings. The first-order chi connectivity index (χ1) is 9.13. The van der Waals surface area contributed by atoms with Gasteiger partial charge in [0, 0.05) is 23.3 Å². The van der Waals surface area contributed by atoms with Gasteiger partial charge >= 0.3 is 0 Å². The van der Waals surface area contributed by atoms with Crippen LogP contribution in [0, 0.1) is 6.92 Å². The second kappa shape index (κ2) is 6.35. The topological polar surface area (TPSA) is 29.9 Å². The van der Waals surface area contributed by atoms with Crippen LogP contribution in [-0.2, 0) is 13.0 Å².